The minimum atomic E-state index is -0.613. The van der Waals surface area contributed by atoms with Gasteiger partial charge in [-0.1, -0.05) is 30.4 Å². The fourth-order valence-electron chi connectivity index (χ4n) is 2.90. The summed E-state index contributed by atoms with van der Waals surface area (Å²) in [6.07, 6.45) is 8.77. The Labute approximate surface area is 182 Å². The largest absolute Gasteiger partial charge is 0.494 e. The van der Waals surface area contributed by atoms with Crippen molar-refractivity contribution >= 4 is 34.6 Å². The average Bonchev–Trinajstić information content (AvgIpc) is 3.61. The number of ether oxygens (including phenoxy) is 1. The number of rotatable bonds is 9. The molecule has 1 saturated carbocycles. The number of methoxy groups -OCH3 is 1. The molecular weight excluding hydrogens is 394 g/mol. The summed E-state index contributed by atoms with van der Waals surface area (Å²) in [5.74, 6) is -0.522. The molecule has 0 radical (unpaired) electrons. The number of amides is 2. The first kappa shape index (κ1) is 23.6. The van der Waals surface area contributed by atoms with Crippen molar-refractivity contribution in [1.29, 1.82) is 5.41 Å². The van der Waals surface area contributed by atoms with Crippen LogP contribution in [0.25, 0.3) is 5.57 Å². The Hall–Kier alpha value is -3.68. The first-order valence-electron chi connectivity index (χ1n) is 10.00. The van der Waals surface area contributed by atoms with Crippen molar-refractivity contribution in [2.75, 3.05) is 19.5 Å². The summed E-state index contributed by atoms with van der Waals surface area (Å²) >= 11 is 0. The molecule has 0 spiro atoms. The zero-order valence-electron chi connectivity index (χ0n) is 18.3. The number of nitrogens with zero attached hydrogens (tertiary/aromatic N) is 1. The quantitative estimate of drug-likeness (QED) is 0.276. The second kappa shape index (κ2) is 10.9. The SMILES string of the molecule is C/C=C\C(=C/C)c1cccc(N/C(=C/C(N)=NC(=O)C2CC2)C(=N)C(=O)NC)c1OC. The molecule has 0 heterocycles. The van der Waals surface area contributed by atoms with Crippen LogP contribution in [-0.4, -0.2) is 37.5 Å². The van der Waals surface area contributed by atoms with Gasteiger partial charge in [-0.3, -0.25) is 15.0 Å². The predicted octanol–water partition coefficient (Wildman–Crippen LogP) is 3.03. The minimum Gasteiger partial charge on any atom is -0.494 e. The molecule has 1 aromatic carbocycles. The molecule has 0 unspecified atom stereocenters. The number of carbonyl (C=O) groups is 2. The summed E-state index contributed by atoms with van der Waals surface area (Å²) in [6.45, 7) is 3.85. The van der Waals surface area contributed by atoms with Crippen molar-refractivity contribution in [3.8, 4) is 5.75 Å². The van der Waals surface area contributed by atoms with E-state index in [1.54, 1.807) is 13.2 Å². The Morgan fingerprint density at radius 2 is 2.00 bits per heavy atom. The number of nitrogens with two attached hydrogens (primary N) is 1. The third-order valence-electron chi connectivity index (χ3n) is 4.64. The van der Waals surface area contributed by atoms with Crippen molar-refractivity contribution in [3.63, 3.8) is 0 Å². The molecule has 1 aromatic rings. The summed E-state index contributed by atoms with van der Waals surface area (Å²) < 4.78 is 5.63. The number of nitrogens with one attached hydrogen (secondary N) is 3. The van der Waals surface area contributed by atoms with Gasteiger partial charge >= 0.3 is 0 Å². The van der Waals surface area contributed by atoms with Crippen LogP contribution < -0.4 is 21.1 Å². The third kappa shape index (κ3) is 6.15. The number of amidine groups is 1. The van der Waals surface area contributed by atoms with Crippen LogP contribution in [-0.2, 0) is 9.59 Å². The van der Waals surface area contributed by atoms with Gasteiger partial charge in [0.1, 0.15) is 17.3 Å². The Morgan fingerprint density at radius 3 is 2.55 bits per heavy atom. The van der Waals surface area contributed by atoms with Gasteiger partial charge < -0.3 is 21.1 Å². The molecule has 164 valence electrons. The zero-order valence-corrected chi connectivity index (χ0v) is 18.3. The van der Waals surface area contributed by atoms with Gasteiger partial charge in [-0.05, 0) is 38.3 Å². The lowest BCUT2D eigenvalue weighted by molar-refractivity contribution is -0.119. The number of carbonyl (C=O) groups excluding carboxylic acids is 2. The predicted molar refractivity (Wildman–Crippen MR) is 124 cm³/mol. The fraction of sp³-hybridized carbons (Fsp3) is 0.304. The highest BCUT2D eigenvalue weighted by Gasteiger charge is 2.29. The van der Waals surface area contributed by atoms with E-state index in [2.05, 4.69) is 15.6 Å². The standard InChI is InChI=1S/C23H29N5O3/c1-5-8-14(6-2)16-9-7-10-17(21(16)31-4)27-18(20(25)23(30)26-3)13-19(24)28-22(29)15-11-12-15/h5-10,13,15,25,27H,11-12H2,1-4H3,(H,26,30)(H2,24,28,29)/b8-5-,14-6+,18-13+,25-20?. The summed E-state index contributed by atoms with van der Waals surface area (Å²) in [5, 5.41) is 13.7. The lowest BCUT2D eigenvalue weighted by atomic mass is 10.0. The van der Waals surface area contributed by atoms with Crippen LogP contribution in [0.2, 0.25) is 0 Å². The minimum absolute atomic E-state index is 0.0776. The maximum Gasteiger partial charge on any atom is 0.271 e. The van der Waals surface area contributed by atoms with Crippen LogP contribution in [0.5, 0.6) is 5.75 Å². The van der Waals surface area contributed by atoms with Gasteiger partial charge in [0, 0.05) is 24.6 Å². The lowest BCUT2D eigenvalue weighted by Gasteiger charge is -2.17. The van der Waals surface area contributed by atoms with Crippen LogP contribution in [0.3, 0.4) is 0 Å². The van der Waals surface area contributed by atoms with E-state index in [-0.39, 0.29) is 29.1 Å². The van der Waals surface area contributed by atoms with Gasteiger partial charge in [-0.15, -0.1) is 0 Å². The fourth-order valence-corrected chi connectivity index (χ4v) is 2.90. The van der Waals surface area contributed by atoms with Crippen molar-refractivity contribution in [2.24, 2.45) is 16.6 Å². The van der Waals surface area contributed by atoms with Crippen molar-refractivity contribution in [3.05, 3.63) is 53.8 Å². The van der Waals surface area contributed by atoms with E-state index in [0.717, 1.165) is 24.0 Å². The summed E-state index contributed by atoms with van der Waals surface area (Å²) in [5.41, 5.74) is 7.97. The third-order valence-corrected chi connectivity index (χ3v) is 4.64. The molecule has 0 saturated heterocycles. The topological polar surface area (TPSA) is 130 Å². The molecule has 0 bridgehead atoms. The molecule has 8 heteroatoms. The number of hydrogen-bond donors (Lipinski definition) is 4. The molecule has 5 N–H and O–H groups in total. The van der Waals surface area contributed by atoms with E-state index >= 15 is 0 Å². The summed E-state index contributed by atoms with van der Waals surface area (Å²) in [4.78, 5) is 27.9. The van der Waals surface area contributed by atoms with E-state index in [4.69, 9.17) is 15.9 Å². The van der Waals surface area contributed by atoms with Crippen molar-refractivity contribution in [1.82, 2.24) is 5.32 Å². The Bertz CT molecular complexity index is 985. The van der Waals surface area contributed by atoms with Gasteiger partial charge in [0.15, 0.2) is 0 Å². The van der Waals surface area contributed by atoms with Crippen LogP contribution in [0.15, 0.2) is 53.2 Å². The molecular formula is C23H29N5O3. The molecule has 31 heavy (non-hydrogen) atoms. The monoisotopic (exact) mass is 423 g/mol. The van der Waals surface area contributed by atoms with E-state index in [0.29, 0.717) is 11.4 Å². The molecule has 0 atom stereocenters. The van der Waals surface area contributed by atoms with Crippen molar-refractivity contribution < 1.29 is 14.3 Å². The first-order valence-corrected chi connectivity index (χ1v) is 10.00. The molecule has 1 fully saturated rings. The van der Waals surface area contributed by atoms with E-state index in [9.17, 15) is 9.59 Å². The number of aliphatic imine (C=N–C) groups is 1. The van der Waals surface area contributed by atoms with Crippen molar-refractivity contribution in [2.45, 2.75) is 26.7 Å². The van der Waals surface area contributed by atoms with Crippen LogP contribution in [0.1, 0.15) is 32.3 Å². The maximum absolute atomic E-state index is 12.1. The maximum atomic E-state index is 12.1. The van der Waals surface area contributed by atoms with Gasteiger partial charge in [0.05, 0.1) is 18.5 Å². The van der Waals surface area contributed by atoms with Gasteiger partial charge in [-0.25, -0.2) is 0 Å². The summed E-state index contributed by atoms with van der Waals surface area (Å²) in [7, 11) is 2.98. The molecule has 0 aliphatic heterocycles. The Balaban J connectivity index is 2.49. The number of anilines is 1. The number of para-hydroxylation sites is 1. The molecule has 1 aliphatic carbocycles. The van der Waals surface area contributed by atoms with Gasteiger partial charge in [-0.2, -0.15) is 4.99 Å². The second-order valence-electron chi connectivity index (χ2n) is 6.92. The molecule has 2 rings (SSSR count). The Kier molecular flexibility index (Phi) is 8.31. The highest BCUT2D eigenvalue weighted by molar-refractivity contribution is 6.45. The molecule has 8 nitrogen and oxygen atoms in total. The van der Waals surface area contributed by atoms with Crippen LogP contribution in [0.4, 0.5) is 5.69 Å². The molecule has 2 amide bonds. The van der Waals surface area contributed by atoms with Gasteiger partial charge in [0.2, 0.25) is 0 Å². The molecule has 1 aliphatic rings. The highest BCUT2D eigenvalue weighted by Crippen LogP contribution is 2.35. The van der Waals surface area contributed by atoms with Crippen LogP contribution >= 0.6 is 0 Å². The highest BCUT2D eigenvalue weighted by atomic mass is 16.5. The normalized spacial score (nSPS) is 15.0. The van der Waals surface area contributed by atoms with E-state index < -0.39 is 5.91 Å². The lowest BCUT2D eigenvalue weighted by Crippen LogP contribution is -2.31. The number of benzene rings is 1. The van der Waals surface area contributed by atoms with E-state index in [1.165, 1.54) is 13.1 Å². The Morgan fingerprint density at radius 1 is 1.29 bits per heavy atom. The first-order chi connectivity index (χ1) is 14.9. The van der Waals surface area contributed by atoms with Gasteiger partial charge in [0.25, 0.3) is 11.8 Å². The molecule has 0 aromatic heterocycles. The zero-order chi connectivity index (χ0) is 23.0. The van der Waals surface area contributed by atoms with Crippen LogP contribution in [0, 0.1) is 11.3 Å². The second-order valence-corrected chi connectivity index (χ2v) is 6.92. The summed E-state index contributed by atoms with van der Waals surface area (Å²) in [6, 6.07) is 5.51. The number of hydrogen-bond acceptors (Lipinski definition) is 5. The number of allylic oxidation sites excluding steroid dienone is 4. The smallest absolute Gasteiger partial charge is 0.271 e. The van der Waals surface area contributed by atoms with E-state index in [1.807, 2.05) is 44.2 Å². The average molecular weight is 424 g/mol.